The molecule has 0 saturated heterocycles. The van der Waals surface area contributed by atoms with Crippen LogP contribution in [-0.2, 0) is 23.0 Å². The Morgan fingerprint density at radius 1 is 1.04 bits per heavy atom. The fraction of sp³-hybridized carbons (Fsp3) is 0.652. The number of hydrogen-bond acceptors (Lipinski definition) is 2. The van der Waals surface area contributed by atoms with Crippen molar-refractivity contribution in [3.05, 3.63) is 41.0 Å². The molecule has 3 unspecified atom stereocenters. The first-order chi connectivity index (χ1) is 12.1. The number of ether oxygens (including phenoxy) is 2. The van der Waals surface area contributed by atoms with E-state index in [2.05, 4.69) is 42.9 Å². The molecule has 2 nitrogen and oxygen atoms in total. The minimum absolute atomic E-state index is 0.433. The third kappa shape index (κ3) is 2.19. The van der Waals surface area contributed by atoms with E-state index in [0.717, 1.165) is 29.4 Å². The molecule has 2 bridgehead atoms. The van der Waals surface area contributed by atoms with Crippen LogP contribution >= 0.6 is 0 Å². The van der Waals surface area contributed by atoms with Crippen molar-refractivity contribution < 1.29 is 9.47 Å². The van der Waals surface area contributed by atoms with Gasteiger partial charge in [-0.1, -0.05) is 32.1 Å². The fourth-order valence-electron chi connectivity index (χ4n) is 6.70. The van der Waals surface area contributed by atoms with E-state index in [4.69, 9.17) is 4.74 Å². The lowest BCUT2D eigenvalue weighted by Crippen LogP contribution is -2.54. The van der Waals surface area contributed by atoms with Crippen molar-refractivity contribution in [2.45, 2.75) is 44.9 Å². The van der Waals surface area contributed by atoms with Crippen LogP contribution in [0.4, 0.5) is 0 Å². The molecule has 0 aromatic heterocycles. The highest BCUT2D eigenvalue weighted by Gasteiger charge is 2.61. The van der Waals surface area contributed by atoms with Gasteiger partial charge in [-0.2, -0.15) is 0 Å². The molecule has 0 N–H and O–H groups in total. The van der Waals surface area contributed by atoms with Crippen molar-refractivity contribution in [2.24, 2.45) is 29.6 Å². The van der Waals surface area contributed by atoms with Crippen LogP contribution in [0.25, 0.3) is 0 Å². The van der Waals surface area contributed by atoms with E-state index in [1.54, 1.807) is 30.9 Å². The fourth-order valence-corrected chi connectivity index (χ4v) is 6.70. The summed E-state index contributed by atoms with van der Waals surface area (Å²) < 4.78 is 10.00. The van der Waals surface area contributed by atoms with Crippen molar-refractivity contribution in [1.29, 1.82) is 0 Å². The lowest BCUT2D eigenvalue weighted by Gasteiger charge is -2.58. The molecule has 0 heterocycles. The summed E-state index contributed by atoms with van der Waals surface area (Å²) in [6.07, 6.45) is 10.5. The largest absolute Gasteiger partial charge is 0.496 e. The zero-order chi connectivity index (χ0) is 17.8. The van der Waals surface area contributed by atoms with Gasteiger partial charge in [0.2, 0.25) is 0 Å². The minimum Gasteiger partial charge on any atom is -0.496 e. The monoisotopic (exact) mass is 340 g/mol. The Morgan fingerprint density at radius 3 is 2.52 bits per heavy atom. The first-order valence-electron chi connectivity index (χ1n) is 9.86. The molecule has 6 atom stereocenters. The van der Waals surface area contributed by atoms with E-state index in [9.17, 15) is 0 Å². The molecular weight excluding hydrogens is 308 g/mol. The van der Waals surface area contributed by atoms with Crippen LogP contribution in [0.5, 0.6) is 5.75 Å². The Balaban J connectivity index is 0.000000490. The van der Waals surface area contributed by atoms with Gasteiger partial charge < -0.3 is 9.47 Å². The summed E-state index contributed by atoms with van der Waals surface area (Å²) in [6.45, 7) is 4.93. The Hall–Kier alpha value is -1.28. The normalized spacial score (nSPS) is 39.3. The molecule has 1 saturated carbocycles. The third-order valence-electron chi connectivity index (χ3n) is 7.64. The summed E-state index contributed by atoms with van der Waals surface area (Å²) in [5, 5.41) is 0. The van der Waals surface area contributed by atoms with Gasteiger partial charge in [0.15, 0.2) is 0 Å². The molecule has 1 spiro atoms. The van der Waals surface area contributed by atoms with Crippen molar-refractivity contribution in [3.63, 3.8) is 0 Å². The topological polar surface area (TPSA) is 18.5 Å². The summed E-state index contributed by atoms with van der Waals surface area (Å²) in [5.74, 6) is 5.14. The molecule has 5 rings (SSSR count). The lowest BCUT2D eigenvalue weighted by molar-refractivity contribution is 0.0282. The molecule has 0 amide bonds. The maximum absolute atomic E-state index is 5.75. The second kappa shape index (κ2) is 6.16. The molecular formula is C23H32O2. The van der Waals surface area contributed by atoms with Gasteiger partial charge in [0.05, 0.1) is 7.11 Å². The maximum atomic E-state index is 5.75. The molecule has 1 aromatic rings. The summed E-state index contributed by atoms with van der Waals surface area (Å²) in [4.78, 5) is 0. The average molecular weight is 341 g/mol. The highest BCUT2D eigenvalue weighted by molar-refractivity contribution is 5.57. The van der Waals surface area contributed by atoms with Gasteiger partial charge in [-0.25, -0.2) is 0 Å². The van der Waals surface area contributed by atoms with Gasteiger partial charge in [0.25, 0.3) is 0 Å². The van der Waals surface area contributed by atoms with Crippen molar-refractivity contribution in [3.8, 4) is 5.75 Å². The first kappa shape index (κ1) is 17.1. The van der Waals surface area contributed by atoms with Gasteiger partial charge in [-0.15, -0.1) is 0 Å². The smallest absolute Gasteiger partial charge is 0.122 e. The van der Waals surface area contributed by atoms with Crippen molar-refractivity contribution in [2.75, 3.05) is 21.3 Å². The zero-order valence-corrected chi connectivity index (χ0v) is 16.3. The van der Waals surface area contributed by atoms with E-state index >= 15 is 0 Å². The second-order valence-corrected chi connectivity index (χ2v) is 8.69. The molecule has 2 heteroatoms. The standard InChI is InChI=1S/C21H26O.C2H6O/c1-12-8-9-21-17-6-4-13(2)18(21)11-16-19(22-3)7-5-14(20(16)21)10-15(12)17;1-3-2/h4-7,12-13,15,17-18H,8-11H2,1-3H3;1-2H3/t12-,13?,15?,17?,18+,21-;/m1./s1. The Kier molecular flexibility index (Phi) is 4.22. The van der Waals surface area contributed by atoms with Crippen LogP contribution in [0.2, 0.25) is 0 Å². The predicted molar refractivity (Wildman–Crippen MR) is 102 cm³/mol. The van der Waals surface area contributed by atoms with Crippen LogP contribution in [0.3, 0.4) is 0 Å². The third-order valence-corrected chi connectivity index (χ3v) is 7.64. The number of allylic oxidation sites excluding steroid dienone is 2. The average Bonchev–Trinajstić information content (AvgIpc) is 2.96. The second-order valence-electron chi connectivity index (χ2n) is 8.69. The van der Waals surface area contributed by atoms with E-state index in [1.165, 1.54) is 25.7 Å². The number of benzene rings is 1. The Labute approximate surface area is 152 Å². The van der Waals surface area contributed by atoms with Crippen LogP contribution < -0.4 is 4.74 Å². The van der Waals surface area contributed by atoms with Crippen LogP contribution in [0.1, 0.15) is 43.4 Å². The minimum atomic E-state index is 0.433. The highest BCUT2D eigenvalue weighted by Crippen LogP contribution is 2.66. The molecule has 1 aromatic carbocycles. The van der Waals surface area contributed by atoms with Gasteiger partial charge >= 0.3 is 0 Å². The van der Waals surface area contributed by atoms with E-state index in [0.29, 0.717) is 11.3 Å². The summed E-state index contributed by atoms with van der Waals surface area (Å²) in [6, 6.07) is 4.62. The summed E-state index contributed by atoms with van der Waals surface area (Å²) in [5.41, 5.74) is 5.36. The van der Waals surface area contributed by atoms with Gasteiger partial charge in [0, 0.05) is 19.6 Å². The number of methoxy groups -OCH3 is 2. The van der Waals surface area contributed by atoms with E-state index in [1.807, 2.05) is 7.11 Å². The van der Waals surface area contributed by atoms with Crippen LogP contribution in [0, 0.1) is 29.6 Å². The molecule has 136 valence electrons. The molecule has 0 aliphatic heterocycles. The molecule has 25 heavy (non-hydrogen) atoms. The van der Waals surface area contributed by atoms with Gasteiger partial charge in [-0.05, 0) is 78.0 Å². The van der Waals surface area contributed by atoms with Crippen LogP contribution in [0.15, 0.2) is 24.3 Å². The quantitative estimate of drug-likeness (QED) is 0.684. The lowest BCUT2D eigenvalue weighted by atomic mass is 9.46. The number of hydrogen-bond donors (Lipinski definition) is 0. The highest BCUT2D eigenvalue weighted by atomic mass is 16.5. The molecule has 0 radical (unpaired) electrons. The van der Waals surface area contributed by atoms with Crippen molar-refractivity contribution >= 4 is 0 Å². The molecule has 4 aliphatic rings. The molecule has 1 fully saturated rings. The van der Waals surface area contributed by atoms with Gasteiger partial charge in [0.1, 0.15) is 5.75 Å². The maximum Gasteiger partial charge on any atom is 0.122 e. The van der Waals surface area contributed by atoms with Gasteiger partial charge in [-0.3, -0.25) is 0 Å². The van der Waals surface area contributed by atoms with E-state index < -0.39 is 0 Å². The SMILES string of the molecule is COC.COc1ccc2c3c1C[C@H]1C(C)C=CC4C(C2)[C@H](C)CC[C@@]341. The number of rotatable bonds is 1. The van der Waals surface area contributed by atoms with E-state index in [-0.39, 0.29) is 0 Å². The van der Waals surface area contributed by atoms with Crippen molar-refractivity contribution in [1.82, 2.24) is 0 Å². The zero-order valence-electron chi connectivity index (χ0n) is 16.3. The summed E-state index contributed by atoms with van der Waals surface area (Å²) >= 11 is 0. The first-order valence-corrected chi connectivity index (χ1v) is 9.86. The van der Waals surface area contributed by atoms with Crippen LogP contribution in [-0.4, -0.2) is 21.3 Å². The Bertz CT molecular complexity index is 692. The predicted octanol–water partition coefficient (Wildman–Crippen LogP) is 4.79. The molecule has 4 aliphatic carbocycles. The Morgan fingerprint density at radius 2 is 1.80 bits per heavy atom. The summed E-state index contributed by atoms with van der Waals surface area (Å²) in [7, 11) is 5.09.